The smallest absolute Gasteiger partial charge is 0.228 e. The minimum atomic E-state index is -0.0695. The van der Waals surface area contributed by atoms with Gasteiger partial charge < -0.3 is 10.6 Å². The summed E-state index contributed by atoms with van der Waals surface area (Å²) in [6.07, 6.45) is 3.11. The summed E-state index contributed by atoms with van der Waals surface area (Å²) in [5.74, 6) is -0.0668. The second kappa shape index (κ2) is 6.10. The SMILES string of the molecule is CNCC(C)C(=O)Nc1ccc(-n2cncn2)cc1. The third-order valence-electron chi connectivity index (χ3n) is 2.78. The van der Waals surface area contributed by atoms with Crippen LogP contribution in [0.2, 0.25) is 0 Å². The van der Waals surface area contributed by atoms with Crippen LogP contribution in [0.5, 0.6) is 0 Å². The van der Waals surface area contributed by atoms with Crippen molar-refractivity contribution in [2.24, 2.45) is 5.92 Å². The Morgan fingerprint density at radius 2 is 2.11 bits per heavy atom. The number of carbonyl (C=O) groups excluding carboxylic acids is 1. The van der Waals surface area contributed by atoms with Crippen LogP contribution < -0.4 is 10.6 Å². The summed E-state index contributed by atoms with van der Waals surface area (Å²) in [4.78, 5) is 15.7. The van der Waals surface area contributed by atoms with E-state index in [1.54, 1.807) is 11.0 Å². The summed E-state index contributed by atoms with van der Waals surface area (Å²) in [7, 11) is 1.83. The molecular formula is C13H17N5O. The highest BCUT2D eigenvalue weighted by molar-refractivity contribution is 5.92. The molecule has 19 heavy (non-hydrogen) atoms. The van der Waals surface area contributed by atoms with E-state index in [9.17, 15) is 4.79 Å². The first-order valence-electron chi connectivity index (χ1n) is 6.11. The van der Waals surface area contributed by atoms with Gasteiger partial charge in [-0.25, -0.2) is 9.67 Å². The van der Waals surface area contributed by atoms with Crippen LogP contribution in [0.4, 0.5) is 5.69 Å². The summed E-state index contributed by atoms with van der Waals surface area (Å²) in [6, 6.07) is 7.46. The molecule has 100 valence electrons. The maximum Gasteiger partial charge on any atom is 0.228 e. The number of benzene rings is 1. The van der Waals surface area contributed by atoms with Crippen molar-refractivity contribution in [3.8, 4) is 5.69 Å². The Hall–Kier alpha value is -2.21. The van der Waals surface area contributed by atoms with Gasteiger partial charge in [0, 0.05) is 18.2 Å². The normalized spacial score (nSPS) is 12.1. The van der Waals surface area contributed by atoms with Crippen LogP contribution in [0, 0.1) is 5.92 Å². The number of rotatable bonds is 5. The number of amides is 1. The van der Waals surface area contributed by atoms with E-state index in [-0.39, 0.29) is 11.8 Å². The lowest BCUT2D eigenvalue weighted by Gasteiger charge is -2.11. The minimum Gasteiger partial charge on any atom is -0.326 e. The molecule has 1 heterocycles. The Bertz CT molecular complexity index is 520. The molecule has 0 fully saturated rings. The van der Waals surface area contributed by atoms with Gasteiger partial charge in [0.2, 0.25) is 5.91 Å². The predicted octanol–water partition coefficient (Wildman–Crippen LogP) is 1.06. The summed E-state index contributed by atoms with van der Waals surface area (Å²) < 4.78 is 1.66. The first-order chi connectivity index (χ1) is 9.20. The number of hydrogen-bond donors (Lipinski definition) is 2. The van der Waals surface area contributed by atoms with E-state index >= 15 is 0 Å². The largest absolute Gasteiger partial charge is 0.326 e. The van der Waals surface area contributed by atoms with Crippen molar-refractivity contribution in [1.82, 2.24) is 20.1 Å². The molecule has 1 aromatic carbocycles. The number of aromatic nitrogens is 3. The lowest BCUT2D eigenvalue weighted by molar-refractivity contribution is -0.119. The molecule has 1 aromatic heterocycles. The first kappa shape index (κ1) is 13.2. The highest BCUT2D eigenvalue weighted by atomic mass is 16.1. The van der Waals surface area contributed by atoms with Crippen LogP contribution in [0.15, 0.2) is 36.9 Å². The average Bonchev–Trinajstić information content (AvgIpc) is 2.94. The van der Waals surface area contributed by atoms with Gasteiger partial charge in [-0.3, -0.25) is 4.79 Å². The highest BCUT2D eigenvalue weighted by Crippen LogP contribution is 2.13. The number of hydrogen-bond acceptors (Lipinski definition) is 4. The van der Waals surface area contributed by atoms with Crippen LogP contribution in [0.25, 0.3) is 5.69 Å². The van der Waals surface area contributed by atoms with E-state index in [0.29, 0.717) is 6.54 Å². The second-order valence-electron chi connectivity index (χ2n) is 4.33. The Labute approximate surface area is 111 Å². The van der Waals surface area contributed by atoms with Gasteiger partial charge in [-0.1, -0.05) is 6.92 Å². The van der Waals surface area contributed by atoms with E-state index < -0.39 is 0 Å². The molecule has 2 aromatic rings. The molecule has 0 bridgehead atoms. The van der Waals surface area contributed by atoms with Crippen LogP contribution in [0.3, 0.4) is 0 Å². The lowest BCUT2D eigenvalue weighted by atomic mass is 10.1. The van der Waals surface area contributed by atoms with Crippen molar-refractivity contribution in [3.05, 3.63) is 36.9 Å². The highest BCUT2D eigenvalue weighted by Gasteiger charge is 2.11. The summed E-state index contributed by atoms with van der Waals surface area (Å²) in [5.41, 5.74) is 1.68. The number of nitrogens with one attached hydrogen (secondary N) is 2. The fourth-order valence-electron chi connectivity index (χ4n) is 1.70. The third-order valence-corrected chi connectivity index (χ3v) is 2.78. The molecule has 0 saturated heterocycles. The summed E-state index contributed by atoms with van der Waals surface area (Å²) >= 11 is 0. The van der Waals surface area contributed by atoms with E-state index in [2.05, 4.69) is 20.7 Å². The third kappa shape index (κ3) is 3.38. The fourth-order valence-corrected chi connectivity index (χ4v) is 1.70. The zero-order chi connectivity index (χ0) is 13.7. The van der Waals surface area contributed by atoms with Crippen LogP contribution in [0.1, 0.15) is 6.92 Å². The molecule has 6 heteroatoms. The van der Waals surface area contributed by atoms with Gasteiger partial charge in [0.05, 0.1) is 5.69 Å². The molecule has 0 aliphatic carbocycles. The van der Waals surface area contributed by atoms with Gasteiger partial charge >= 0.3 is 0 Å². The molecule has 1 amide bonds. The molecule has 0 saturated carbocycles. The fraction of sp³-hybridized carbons (Fsp3) is 0.308. The van der Waals surface area contributed by atoms with Crippen molar-refractivity contribution < 1.29 is 4.79 Å². The molecule has 0 spiro atoms. The van der Waals surface area contributed by atoms with Crippen molar-refractivity contribution in [2.45, 2.75) is 6.92 Å². The van der Waals surface area contributed by atoms with Gasteiger partial charge in [0.1, 0.15) is 12.7 Å². The zero-order valence-corrected chi connectivity index (χ0v) is 11.0. The van der Waals surface area contributed by atoms with Gasteiger partial charge in [-0.2, -0.15) is 5.10 Å². The van der Waals surface area contributed by atoms with Crippen molar-refractivity contribution in [2.75, 3.05) is 18.9 Å². The molecule has 2 rings (SSSR count). The first-order valence-corrected chi connectivity index (χ1v) is 6.11. The van der Waals surface area contributed by atoms with Gasteiger partial charge in [0.15, 0.2) is 0 Å². The molecule has 6 nitrogen and oxygen atoms in total. The van der Waals surface area contributed by atoms with Crippen molar-refractivity contribution in [1.29, 1.82) is 0 Å². The van der Waals surface area contributed by atoms with E-state index in [1.807, 2.05) is 38.2 Å². The minimum absolute atomic E-state index is 0.00264. The molecule has 0 aliphatic heterocycles. The van der Waals surface area contributed by atoms with Gasteiger partial charge in [0.25, 0.3) is 0 Å². The quantitative estimate of drug-likeness (QED) is 0.842. The molecule has 2 N–H and O–H groups in total. The monoisotopic (exact) mass is 259 g/mol. The van der Waals surface area contributed by atoms with Crippen LogP contribution >= 0.6 is 0 Å². The topological polar surface area (TPSA) is 71.8 Å². The molecule has 0 radical (unpaired) electrons. The summed E-state index contributed by atoms with van der Waals surface area (Å²) in [6.45, 7) is 2.54. The molecule has 1 unspecified atom stereocenters. The number of anilines is 1. The second-order valence-corrected chi connectivity index (χ2v) is 4.33. The zero-order valence-electron chi connectivity index (χ0n) is 11.0. The molecule has 0 aliphatic rings. The van der Waals surface area contributed by atoms with Crippen LogP contribution in [-0.2, 0) is 4.79 Å². The molecule has 1 atom stereocenters. The van der Waals surface area contributed by atoms with Crippen molar-refractivity contribution in [3.63, 3.8) is 0 Å². The standard InChI is InChI=1S/C13H17N5O/c1-10(7-14-2)13(19)17-11-3-5-12(6-4-11)18-9-15-8-16-18/h3-6,8-10,14H,7H2,1-2H3,(H,17,19). The maximum atomic E-state index is 11.8. The van der Waals surface area contributed by atoms with Gasteiger partial charge in [-0.15, -0.1) is 0 Å². The summed E-state index contributed by atoms with van der Waals surface area (Å²) in [5, 5.41) is 9.90. The number of carbonyl (C=O) groups is 1. The average molecular weight is 259 g/mol. The van der Waals surface area contributed by atoms with Crippen LogP contribution in [-0.4, -0.2) is 34.3 Å². The Balaban J connectivity index is 2.01. The lowest BCUT2D eigenvalue weighted by Crippen LogP contribution is -2.28. The van der Waals surface area contributed by atoms with E-state index in [0.717, 1.165) is 11.4 Å². The number of nitrogens with zero attached hydrogens (tertiary/aromatic N) is 3. The molecular weight excluding hydrogens is 242 g/mol. The maximum absolute atomic E-state index is 11.8. The predicted molar refractivity (Wildman–Crippen MR) is 73.1 cm³/mol. The van der Waals surface area contributed by atoms with Gasteiger partial charge in [-0.05, 0) is 31.3 Å². The van der Waals surface area contributed by atoms with E-state index in [1.165, 1.54) is 6.33 Å². The van der Waals surface area contributed by atoms with E-state index in [4.69, 9.17) is 0 Å². The Morgan fingerprint density at radius 1 is 1.37 bits per heavy atom. The Morgan fingerprint density at radius 3 is 2.68 bits per heavy atom. The van der Waals surface area contributed by atoms with Crippen molar-refractivity contribution >= 4 is 11.6 Å². The Kier molecular flexibility index (Phi) is 4.25.